The fourth-order valence-electron chi connectivity index (χ4n) is 1.42. The highest BCUT2D eigenvalue weighted by atomic mass is 35.5. The molecule has 19 heavy (non-hydrogen) atoms. The Bertz CT molecular complexity index is 462. The first-order valence-corrected chi connectivity index (χ1v) is 6.34. The molecule has 2 N–H and O–H groups in total. The number of aromatic hydroxyl groups is 1. The van der Waals surface area contributed by atoms with E-state index in [9.17, 15) is 14.7 Å². The number of phenolic OH excluding ortho intramolecular Hbond substituents is 1. The minimum absolute atomic E-state index is 0.0690. The van der Waals surface area contributed by atoms with Crippen molar-refractivity contribution in [1.29, 1.82) is 0 Å². The van der Waals surface area contributed by atoms with Gasteiger partial charge in [-0.2, -0.15) is 0 Å². The lowest BCUT2D eigenvalue weighted by atomic mass is 10.2. The fourth-order valence-corrected chi connectivity index (χ4v) is 1.60. The van der Waals surface area contributed by atoms with Crippen LogP contribution in [0.1, 0.15) is 30.1 Å². The summed E-state index contributed by atoms with van der Waals surface area (Å²) in [7, 11) is 0. The average Bonchev–Trinajstić information content (AvgIpc) is 2.38. The van der Waals surface area contributed by atoms with Gasteiger partial charge in [0.2, 0.25) is 0 Å². The molecule has 0 aliphatic heterocycles. The number of phenols is 1. The molecule has 0 aliphatic carbocycles. The Hall–Kier alpha value is -1.75. The number of rotatable bonds is 6. The lowest BCUT2D eigenvalue weighted by Gasteiger charge is -2.06. The predicted octanol–water partition coefficient (Wildman–Crippen LogP) is 2.12. The van der Waals surface area contributed by atoms with Crippen LogP contribution in [-0.4, -0.2) is 30.1 Å². The molecule has 6 heteroatoms. The SMILES string of the molecule is CCOC(=O)CCCNC(=O)c1ccc(O)c(Cl)c1. The van der Waals surface area contributed by atoms with Crippen LogP contribution < -0.4 is 5.32 Å². The van der Waals surface area contributed by atoms with Crippen LogP contribution in [0.25, 0.3) is 0 Å². The monoisotopic (exact) mass is 285 g/mol. The molecule has 1 aromatic carbocycles. The van der Waals surface area contributed by atoms with Gasteiger partial charge in [-0.05, 0) is 31.5 Å². The maximum atomic E-state index is 11.7. The van der Waals surface area contributed by atoms with Crippen LogP contribution >= 0.6 is 11.6 Å². The van der Waals surface area contributed by atoms with Crippen LogP contribution in [0.15, 0.2) is 18.2 Å². The maximum Gasteiger partial charge on any atom is 0.305 e. The maximum absolute atomic E-state index is 11.7. The summed E-state index contributed by atoms with van der Waals surface area (Å²) in [5.41, 5.74) is 0.360. The van der Waals surface area contributed by atoms with Crippen molar-refractivity contribution >= 4 is 23.5 Å². The van der Waals surface area contributed by atoms with Crippen molar-refractivity contribution in [3.8, 4) is 5.75 Å². The number of esters is 1. The highest BCUT2D eigenvalue weighted by molar-refractivity contribution is 6.32. The molecule has 5 nitrogen and oxygen atoms in total. The summed E-state index contributed by atoms with van der Waals surface area (Å²) in [6.45, 7) is 2.47. The Morgan fingerprint density at radius 3 is 2.79 bits per heavy atom. The summed E-state index contributed by atoms with van der Waals surface area (Å²) < 4.78 is 4.77. The summed E-state index contributed by atoms with van der Waals surface area (Å²) >= 11 is 5.70. The van der Waals surface area contributed by atoms with Gasteiger partial charge in [0.25, 0.3) is 5.91 Å². The Labute approximate surface area is 116 Å². The van der Waals surface area contributed by atoms with Gasteiger partial charge in [-0.25, -0.2) is 0 Å². The normalized spacial score (nSPS) is 10.0. The van der Waals surface area contributed by atoms with Gasteiger partial charge in [-0.15, -0.1) is 0 Å². The number of hydrogen-bond acceptors (Lipinski definition) is 4. The Kier molecular flexibility index (Phi) is 6.15. The van der Waals surface area contributed by atoms with Crippen LogP contribution in [0.5, 0.6) is 5.75 Å². The van der Waals surface area contributed by atoms with Crippen molar-refractivity contribution in [2.75, 3.05) is 13.2 Å². The zero-order valence-electron chi connectivity index (χ0n) is 10.6. The molecule has 0 saturated heterocycles. The quantitative estimate of drug-likeness (QED) is 0.620. The van der Waals surface area contributed by atoms with E-state index in [2.05, 4.69) is 5.32 Å². The molecule has 0 radical (unpaired) electrons. The first kappa shape index (κ1) is 15.3. The van der Waals surface area contributed by atoms with E-state index in [0.29, 0.717) is 25.1 Å². The van der Waals surface area contributed by atoms with Crippen molar-refractivity contribution in [3.63, 3.8) is 0 Å². The average molecular weight is 286 g/mol. The number of benzene rings is 1. The third-order valence-corrected chi connectivity index (χ3v) is 2.66. The van der Waals surface area contributed by atoms with E-state index < -0.39 is 0 Å². The number of halogens is 1. The van der Waals surface area contributed by atoms with Crippen LogP contribution in [0, 0.1) is 0 Å². The minimum Gasteiger partial charge on any atom is -0.506 e. The molecule has 0 fully saturated rings. The van der Waals surface area contributed by atoms with Crippen molar-refractivity contribution in [3.05, 3.63) is 28.8 Å². The second kappa shape index (κ2) is 7.63. The molecule has 104 valence electrons. The van der Waals surface area contributed by atoms with E-state index in [-0.39, 0.29) is 29.1 Å². The first-order chi connectivity index (χ1) is 9.04. The van der Waals surface area contributed by atoms with Crippen LogP contribution in [-0.2, 0) is 9.53 Å². The summed E-state index contributed by atoms with van der Waals surface area (Å²) in [5, 5.41) is 12.0. The molecule has 1 amide bonds. The van der Waals surface area contributed by atoms with Gasteiger partial charge >= 0.3 is 5.97 Å². The number of amides is 1. The van der Waals surface area contributed by atoms with E-state index in [1.165, 1.54) is 18.2 Å². The predicted molar refractivity (Wildman–Crippen MR) is 71.3 cm³/mol. The van der Waals surface area contributed by atoms with Gasteiger partial charge in [0.05, 0.1) is 11.6 Å². The standard InChI is InChI=1S/C13H16ClNO4/c1-2-19-12(17)4-3-7-15-13(18)9-5-6-11(16)10(14)8-9/h5-6,8,16H,2-4,7H2,1H3,(H,15,18). The lowest BCUT2D eigenvalue weighted by molar-refractivity contribution is -0.143. The largest absolute Gasteiger partial charge is 0.506 e. The Morgan fingerprint density at radius 2 is 2.16 bits per heavy atom. The fraction of sp³-hybridized carbons (Fsp3) is 0.385. The smallest absolute Gasteiger partial charge is 0.305 e. The van der Waals surface area contributed by atoms with Crippen LogP contribution in [0.2, 0.25) is 5.02 Å². The molecule has 0 bridgehead atoms. The molecular weight excluding hydrogens is 270 g/mol. The zero-order chi connectivity index (χ0) is 14.3. The van der Waals surface area contributed by atoms with Crippen LogP contribution in [0.3, 0.4) is 0 Å². The molecule has 1 rings (SSSR count). The first-order valence-electron chi connectivity index (χ1n) is 5.97. The molecule has 0 unspecified atom stereocenters. The third kappa shape index (κ3) is 5.18. The van der Waals surface area contributed by atoms with E-state index in [0.717, 1.165) is 0 Å². The number of carbonyl (C=O) groups excluding carboxylic acids is 2. The van der Waals surface area contributed by atoms with E-state index in [4.69, 9.17) is 16.3 Å². The van der Waals surface area contributed by atoms with E-state index >= 15 is 0 Å². The zero-order valence-corrected chi connectivity index (χ0v) is 11.4. The number of ether oxygens (including phenoxy) is 1. The number of carbonyl (C=O) groups is 2. The van der Waals surface area contributed by atoms with Crippen LogP contribution in [0.4, 0.5) is 0 Å². The summed E-state index contributed by atoms with van der Waals surface area (Å²) in [6.07, 6.45) is 0.779. The second-order valence-corrected chi connectivity index (χ2v) is 4.24. The second-order valence-electron chi connectivity index (χ2n) is 3.83. The molecule has 0 aliphatic rings. The van der Waals surface area contributed by atoms with Gasteiger partial charge in [0, 0.05) is 18.5 Å². The minimum atomic E-state index is -0.300. The van der Waals surface area contributed by atoms with Crippen molar-refractivity contribution in [1.82, 2.24) is 5.32 Å². The van der Waals surface area contributed by atoms with Gasteiger partial charge in [-0.1, -0.05) is 11.6 Å². The molecule has 0 heterocycles. The molecule has 0 spiro atoms. The summed E-state index contributed by atoms with van der Waals surface area (Å²) in [4.78, 5) is 22.8. The molecule has 0 aromatic heterocycles. The van der Waals surface area contributed by atoms with E-state index in [1.54, 1.807) is 6.92 Å². The van der Waals surface area contributed by atoms with Crippen molar-refractivity contribution in [2.24, 2.45) is 0 Å². The molecule has 0 atom stereocenters. The van der Waals surface area contributed by atoms with Gasteiger partial charge in [0.1, 0.15) is 5.75 Å². The lowest BCUT2D eigenvalue weighted by Crippen LogP contribution is -2.25. The number of hydrogen-bond donors (Lipinski definition) is 2. The summed E-state index contributed by atoms with van der Waals surface area (Å²) in [5.74, 6) is -0.643. The highest BCUT2D eigenvalue weighted by Crippen LogP contribution is 2.23. The Balaban J connectivity index is 2.35. The van der Waals surface area contributed by atoms with Gasteiger partial charge in [0.15, 0.2) is 0 Å². The molecule has 1 aromatic rings. The van der Waals surface area contributed by atoms with E-state index in [1.807, 2.05) is 0 Å². The Morgan fingerprint density at radius 1 is 1.42 bits per heavy atom. The topological polar surface area (TPSA) is 75.6 Å². The van der Waals surface area contributed by atoms with Gasteiger partial charge < -0.3 is 15.2 Å². The third-order valence-electron chi connectivity index (χ3n) is 2.36. The summed E-state index contributed by atoms with van der Waals surface area (Å²) in [6, 6.07) is 4.22. The van der Waals surface area contributed by atoms with Gasteiger partial charge in [-0.3, -0.25) is 9.59 Å². The van der Waals surface area contributed by atoms with Crippen molar-refractivity contribution in [2.45, 2.75) is 19.8 Å². The van der Waals surface area contributed by atoms with Crippen molar-refractivity contribution < 1.29 is 19.4 Å². The highest BCUT2D eigenvalue weighted by Gasteiger charge is 2.08. The number of nitrogens with one attached hydrogen (secondary N) is 1. The molecule has 0 saturated carbocycles. The molecular formula is C13H16ClNO4.